The summed E-state index contributed by atoms with van der Waals surface area (Å²) >= 11 is 0. The molecule has 0 aliphatic carbocycles. The van der Waals surface area contributed by atoms with Gasteiger partial charge in [0.05, 0.1) is 11.4 Å². The molecule has 1 heterocycles. The van der Waals surface area contributed by atoms with Gasteiger partial charge in [-0.25, -0.2) is 9.48 Å². The maximum absolute atomic E-state index is 10.9. The van der Waals surface area contributed by atoms with Crippen molar-refractivity contribution < 1.29 is 9.90 Å². The van der Waals surface area contributed by atoms with Gasteiger partial charge in [-0.2, -0.15) is 0 Å². The number of rotatable bonds is 2. The highest BCUT2D eigenvalue weighted by atomic mass is 16.4. The lowest BCUT2D eigenvalue weighted by Crippen LogP contribution is -2.04. The van der Waals surface area contributed by atoms with E-state index in [1.807, 2.05) is 32.0 Å². The molecule has 0 aliphatic rings. The van der Waals surface area contributed by atoms with E-state index >= 15 is 0 Å². The number of aryl methyl sites for hydroxylation is 2. The average Bonchev–Trinajstić information content (AvgIpc) is 2.60. The van der Waals surface area contributed by atoms with Crippen LogP contribution < -0.4 is 0 Å². The number of nitrogens with zero attached hydrogens (tertiary/aromatic N) is 3. The number of hydrogen-bond acceptors (Lipinski definition) is 3. The zero-order valence-corrected chi connectivity index (χ0v) is 9.93. The largest absolute Gasteiger partial charge is 0.476 e. The Bertz CT molecular complexity index is 587. The predicted octanol–water partition coefficient (Wildman–Crippen LogP) is 1.89. The van der Waals surface area contributed by atoms with Gasteiger partial charge in [-0.15, -0.1) is 5.10 Å². The lowest BCUT2D eigenvalue weighted by atomic mass is 10.1. The van der Waals surface area contributed by atoms with E-state index in [4.69, 9.17) is 5.11 Å². The molecule has 0 radical (unpaired) electrons. The molecule has 0 fully saturated rings. The van der Waals surface area contributed by atoms with E-state index in [9.17, 15) is 4.79 Å². The molecule has 0 saturated carbocycles. The van der Waals surface area contributed by atoms with E-state index in [1.54, 1.807) is 11.6 Å². The van der Waals surface area contributed by atoms with E-state index in [1.165, 1.54) is 0 Å². The van der Waals surface area contributed by atoms with E-state index in [0.717, 1.165) is 16.8 Å². The molecule has 1 N–H and O–H groups in total. The quantitative estimate of drug-likeness (QED) is 0.857. The Morgan fingerprint density at radius 3 is 2.53 bits per heavy atom. The molecular formula is C12H13N3O2. The van der Waals surface area contributed by atoms with Gasteiger partial charge in [0, 0.05) is 0 Å². The molecule has 0 amide bonds. The maximum Gasteiger partial charge on any atom is 0.358 e. The number of carbonyl (C=O) groups is 1. The summed E-state index contributed by atoms with van der Waals surface area (Å²) in [7, 11) is 0. The minimum absolute atomic E-state index is 0.00928. The molecule has 5 heteroatoms. The van der Waals surface area contributed by atoms with Gasteiger partial charge in [-0.05, 0) is 32.4 Å². The summed E-state index contributed by atoms with van der Waals surface area (Å²) in [6.07, 6.45) is 0. The first kappa shape index (κ1) is 11.3. The van der Waals surface area contributed by atoms with Crippen molar-refractivity contribution in [2.75, 3.05) is 0 Å². The number of aromatic nitrogens is 3. The zero-order valence-electron chi connectivity index (χ0n) is 9.93. The molecular weight excluding hydrogens is 218 g/mol. The van der Waals surface area contributed by atoms with Crippen LogP contribution in [0.1, 0.15) is 27.3 Å². The minimum atomic E-state index is -1.06. The first-order chi connectivity index (χ1) is 8.00. The topological polar surface area (TPSA) is 68.0 Å². The fourth-order valence-electron chi connectivity index (χ4n) is 1.80. The molecule has 0 spiro atoms. The van der Waals surface area contributed by atoms with Crippen LogP contribution in [0.4, 0.5) is 0 Å². The van der Waals surface area contributed by atoms with Crippen LogP contribution in [-0.4, -0.2) is 26.1 Å². The first-order valence-electron chi connectivity index (χ1n) is 5.24. The summed E-state index contributed by atoms with van der Waals surface area (Å²) in [5, 5.41) is 16.5. The Balaban J connectivity index is 2.57. The smallest absolute Gasteiger partial charge is 0.358 e. The first-order valence-corrected chi connectivity index (χ1v) is 5.24. The Hall–Kier alpha value is -2.17. The summed E-state index contributed by atoms with van der Waals surface area (Å²) in [6.45, 7) is 5.67. The highest BCUT2D eigenvalue weighted by Crippen LogP contribution is 2.17. The third kappa shape index (κ3) is 1.91. The average molecular weight is 231 g/mol. The van der Waals surface area contributed by atoms with Crippen LogP contribution in [0.25, 0.3) is 5.69 Å². The predicted molar refractivity (Wildman–Crippen MR) is 62.5 cm³/mol. The second-order valence-electron chi connectivity index (χ2n) is 4.03. The molecule has 5 nitrogen and oxygen atoms in total. The summed E-state index contributed by atoms with van der Waals surface area (Å²) in [4.78, 5) is 10.9. The zero-order chi connectivity index (χ0) is 12.6. The molecule has 2 aromatic rings. The number of aromatic carboxylic acids is 1. The van der Waals surface area contributed by atoms with Crippen LogP contribution in [0.3, 0.4) is 0 Å². The van der Waals surface area contributed by atoms with Gasteiger partial charge >= 0.3 is 5.97 Å². The Morgan fingerprint density at radius 1 is 1.29 bits per heavy atom. The summed E-state index contributed by atoms with van der Waals surface area (Å²) in [5.74, 6) is -1.06. The van der Waals surface area contributed by atoms with Crippen LogP contribution in [0.15, 0.2) is 18.2 Å². The van der Waals surface area contributed by atoms with Crippen molar-refractivity contribution in [2.45, 2.75) is 20.8 Å². The van der Waals surface area contributed by atoms with Crippen LogP contribution >= 0.6 is 0 Å². The highest BCUT2D eigenvalue weighted by Gasteiger charge is 2.16. The number of benzene rings is 1. The molecule has 0 bridgehead atoms. The van der Waals surface area contributed by atoms with Crippen LogP contribution in [0.2, 0.25) is 0 Å². The third-order valence-electron chi connectivity index (χ3n) is 2.68. The van der Waals surface area contributed by atoms with Gasteiger partial charge in [0.25, 0.3) is 0 Å². The second kappa shape index (κ2) is 4.01. The molecule has 88 valence electrons. The third-order valence-corrected chi connectivity index (χ3v) is 2.68. The van der Waals surface area contributed by atoms with Crippen molar-refractivity contribution in [3.05, 3.63) is 40.7 Å². The molecule has 1 aromatic carbocycles. The van der Waals surface area contributed by atoms with Crippen LogP contribution in [-0.2, 0) is 0 Å². The minimum Gasteiger partial charge on any atom is -0.476 e. The second-order valence-corrected chi connectivity index (χ2v) is 4.03. The number of carboxylic acids is 1. The van der Waals surface area contributed by atoms with Gasteiger partial charge in [0.15, 0.2) is 5.69 Å². The molecule has 0 unspecified atom stereocenters. The maximum atomic E-state index is 10.9. The lowest BCUT2D eigenvalue weighted by molar-refractivity contribution is 0.0689. The summed E-state index contributed by atoms with van der Waals surface area (Å²) in [6, 6.07) is 5.90. The van der Waals surface area contributed by atoms with Gasteiger partial charge < -0.3 is 5.11 Å². The molecule has 0 saturated heterocycles. The van der Waals surface area contributed by atoms with Crippen LogP contribution in [0, 0.1) is 20.8 Å². The van der Waals surface area contributed by atoms with E-state index in [-0.39, 0.29) is 5.69 Å². The van der Waals surface area contributed by atoms with Gasteiger partial charge in [0.1, 0.15) is 0 Å². The standard InChI is InChI=1S/C12H13N3O2/c1-7-4-5-10(8(2)6-7)15-9(3)11(12(16)17)13-14-15/h4-6H,1-3H3,(H,16,17). The van der Waals surface area contributed by atoms with Crippen molar-refractivity contribution in [3.8, 4) is 5.69 Å². The van der Waals surface area contributed by atoms with Gasteiger partial charge in [0.2, 0.25) is 0 Å². The molecule has 17 heavy (non-hydrogen) atoms. The molecule has 2 rings (SSSR count). The summed E-state index contributed by atoms with van der Waals surface area (Å²) < 4.78 is 1.55. The van der Waals surface area contributed by atoms with Gasteiger partial charge in [-0.1, -0.05) is 22.9 Å². The van der Waals surface area contributed by atoms with E-state index in [2.05, 4.69) is 10.3 Å². The SMILES string of the molecule is Cc1ccc(-n2nnc(C(=O)O)c2C)c(C)c1. The van der Waals surface area contributed by atoms with Crippen molar-refractivity contribution in [3.63, 3.8) is 0 Å². The van der Waals surface area contributed by atoms with Crippen molar-refractivity contribution in [1.82, 2.24) is 15.0 Å². The Labute approximate surface area is 98.7 Å². The highest BCUT2D eigenvalue weighted by molar-refractivity contribution is 5.86. The van der Waals surface area contributed by atoms with E-state index < -0.39 is 5.97 Å². The van der Waals surface area contributed by atoms with Crippen molar-refractivity contribution >= 4 is 5.97 Å². The Morgan fingerprint density at radius 2 is 2.00 bits per heavy atom. The van der Waals surface area contributed by atoms with Gasteiger partial charge in [-0.3, -0.25) is 0 Å². The summed E-state index contributed by atoms with van der Waals surface area (Å²) in [5.41, 5.74) is 3.57. The van der Waals surface area contributed by atoms with Crippen molar-refractivity contribution in [2.24, 2.45) is 0 Å². The number of hydrogen-bond donors (Lipinski definition) is 1. The number of carboxylic acid groups (broad SMARTS) is 1. The fraction of sp³-hybridized carbons (Fsp3) is 0.250. The molecule has 0 atom stereocenters. The monoisotopic (exact) mass is 231 g/mol. The lowest BCUT2D eigenvalue weighted by Gasteiger charge is -2.07. The van der Waals surface area contributed by atoms with Crippen LogP contribution in [0.5, 0.6) is 0 Å². The Kier molecular flexibility index (Phi) is 2.67. The normalized spacial score (nSPS) is 10.5. The van der Waals surface area contributed by atoms with E-state index in [0.29, 0.717) is 5.69 Å². The molecule has 0 aliphatic heterocycles. The molecule has 1 aromatic heterocycles. The van der Waals surface area contributed by atoms with Crippen molar-refractivity contribution in [1.29, 1.82) is 0 Å². The fourth-order valence-corrected chi connectivity index (χ4v) is 1.80.